The molecule has 1 aliphatic rings. The van der Waals surface area contributed by atoms with E-state index >= 15 is 0 Å². The number of cyclic esters (lactones) is 1. The highest BCUT2D eigenvalue weighted by Crippen LogP contribution is 2.33. The Morgan fingerprint density at radius 1 is 1.19 bits per heavy atom. The topological polar surface area (TPSA) is 114 Å². The van der Waals surface area contributed by atoms with E-state index in [1.807, 2.05) is 52.0 Å². The Hall–Kier alpha value is -3.54. The van der Waals surface area contributed by atoms with E-state index in [0.29, 0.717) is 42.9 Å². The molecule has 1 aromatic rings. The lowest BCUT2D eigenvalue weighted by Gasteiger charge is -2.31. The van der Waals surface area contributed by atoms with E-state index < -0.39 is 24.3 Å². The fourth-order valence-corrected chi connectivity index (χ4v) is 4.78. The molecule has 0 aliphatic carbocycles. The van der Waals surface area contributed by atoms with Gasteiger partial charge >= 0.3 is 5.97 Å². The molecule has 0 bridgehead atoms. The molecule has 0 aromatic heterocycles. The Morgan fingerprint density at radius 3 is 2.62 bits per heavy atom. The van der Waals surface area contributed by atoms with E-state index in [1.54, 1.807) is 12.1 Å². The van der Waals surface area contributed by atoms with Crippen molar-refractivity contribution in [1.29, 1.82) is 0 Å². The number of esters is 1. The van der Waals surface area contributed by atoms with Gasteiger partial charge in [-0.05, 0) is 48.8 Å². The molecule has 1 aliphatic heterocycles. The number of rotatable bonds is 10. The lowest BCUT2D eigenvalue weighted by atomic mass is 9.85. The number of allylic oxidation sites excluding steroid dienone is 3. The maximum atomic E-state index is 13.6. The average Bonchev–Trinajstić information content (AvgIpc) is 2.98. The van der Waals surface area contributed by atoms with Crippen LogP contribution in [0, 0.1) is 29.6 Å². The van der Waals surface area contributed by atoms with Crippen LogP contribution < -0.4 is 14.8 Å². The van der Waals surface area contributed by atoms with Crippen molar-refractivity contribution in [2.45, 2.75) is 78.1 Å². The van der Waals surface area contributed by atoms with Gasteiger partial charge in [0.25, 0.3) is 0 Å². The second-order valence-electron chi connectivity index (χ2n) is 10.8. The van der Waals surface area contributed by atoms with E-state index in [0.717, 1.165) is 6.42 Å². The van der Waals surface area contributed by atoms with Gasteiger partial charge in [0, 0.05) is 37.4 Å². The predicted octanol–water partition coefficient (Wildman–Crippen LogP) is 4.78. The number of carbonyl (C=O) groups is 2. The summed E-state index contributed by atoms with van der Waals surface area (Å²) in [6, 6.07) is 3.36. The van der Waals surface area contributed by atoms with Crippen molar-refractivity contribution in [3.05, 3.63) is 59.7 Å². The van der Waals surface area contributed by atoms with Gasteiger partial charge in [0.05, 0.1) is 26.4 Å². The maximum Gasteiger partial charge on any atom is 0.342 e. The molecule has 2 rings (SSSR count). The first-order chi connectivity index (χ1) is 20.1. The molecule has 230 valence electrons. The zero-order valence-electron chi connectivity index (χ0n) is 25.8. The van der Waals surface area contributed by atoms with Crippen molar-refractivity contribution in [2.24, 2.45) is 17.8 Å². The van der Waals surface area contributed by atoms with Gasteiger partial charge in [0.2, 0.25) is 5.91 Å². The highest BCUT2D eigenvalue weighted by atomic mass is 16.5. The van der Waals surface area contributed by atoms with Gasteiger partial charge in [0.1, 0.15) is 23.2 Å². The Bertz CT molecular complexity index is 1180. The summed E-state index contributed by atoms with van der Waals surface area (Å²) < 4.78 is 17.0. The third-order valence-electron chi connectivity index (χ3n) is 7.58. The molecule has 0 saturated heterocycles. The largest absolute Gasteiger partial charge is 0.497 e. The van der Waals surface area contributed by atoms with E-state index in [9.17, 15) is 19.8 Å². The molecule has 3 N–H and O–H groups in total. The number of carbonyl (C=O) groups excluding carboxylic acids is 2. The standard InChI is InChI=1S/C34H47NO7/c1-7-8-9-10-18-31(37)35-19-14-13-16-24(3)33(38)25(4)29-17-12-11-15-23(2)28(36)21-26-20-27(40-5)22-30(41-6)32(26)34(39)42-29/h10-14,18,20,22-25,28-29,33,36,38H,7,15-17,19,21H2,1-6H3,(H,35,37)/b12-11-,14-13-,18-10-/t23-,24+,25+,28+,29-,33+/m0/s1. The summed E-state index contributed by atoms with van der Waals surface area (Å²) >= 11 is 0. The Balaban J connectivity index is 2.15. The Kier molecular flexibility index (Phi) is 14.9. The fraction of sp³-hybridized carbons (Fsp3) is 0.529. The quantitative estimate of drug-likeness (QED) is 0.158. The molecule has 8 nitrogen and oxygen atoms in total. The second kappa shape index (κ2) is 18.1. The van der Waals surface area contributed by atoms with Crippen molar-refractivity contribution >= 4 is 11.9 Å². The number of aliphatic hydroxyl groups is 2. The maximum absolute atomic E-state index is 13.6. The van der Waals surface area contributed by atoms with Crippen molar-refractivity contribution in [1.82, 2.24) is 5.32 Å². The molecule has 0 fully saturated rings. The second-order valence-corrected chi connectivity index (χ2v) is 10.8. The predicted molar refractivity (Wildman–Crippen MR) is 164 cm³/mol. The van der Waals surface area contributed by atoms with Gasteiger partial charge in [-0.25, -0.2) is 4.79 Å². The normalized spacial score (nSPS) is 22.4. The van der Waals surface area contributed by atoms with Crippen molar-refractivity contribution < 1.29 is 34.0 Å². The van der Waals surface area contributed by atoms with Gasteiger partial charge in [-0.3, -0.25) is 4.79 Å². The summed E-state index contributed by atoms with van der Waals surface area (Å²) in [4.78, 5) is 25.4. The van der Waals surface area contributed by atoms with Crippen LogP contribution in [-0.2, 0) is 16.0 Å². The molecule has 1 heterocycles. The minimum Gasteiger partial charge on any atom is -0.497 e. The van der Waals surface area contributed by atoms with Crippen LogP contribution in [-0.4, -0.2) is 61.2 Å². The number of ether oxygens (including phenoxy) is 3. The van der Waals surface area contributed by atoms with Crippen LogP contribution >= 0.6 is 0 Å². The molecule has 1 aromatic carbocycles. The highest BCUT2D eigenvalue weighted by Gasteiger charge is 2.32. The van der Waals surface area contributed by atoms with Gasteiger partial charge in [-0.1, -0.05) is 63.8 Å². The summed E-state index contributed by atoms with van der Waals surface area (Å²) in [7, 11) is 3.01. The number of amides is 1. The summed E-state index contributed by atoms with van der Waals surface area (Å²) in [6.45, 7) is 8.11. The molecule has 1 amide bonds. The number of aliphatic hydroxyl groups excluding tert-OH is 2. The molecule has 0 spiro atoms. The van der Waals surface area contributed by atoms with Crippen molar-refractivity contribution in [2.75, 3.05) is 20.8 Å². The smallest absolute Gasteiger partial charge is 0.342 e. The van der Waals surface area contributed by atoms with Crippen LogP contribution in [0.3, 0.4) is 0 Å². The molecule has 6 atom stereocenters. The first-order valence-corrected chi connectivity index (χ1v) is 14.7. The van der Waals surface area contributed by atoms with Gasteiger partial charge in [0.15, 0.2) is 0 Å². The van der Waals surface area contributed by atoms with Gasteiger partial charge in [-0.15, -0.1) is 0 Å². The summed E-state index contributed by atoms with van der Waals surface area (Å²) in [6.07, 6.45) is 11.3. The van der Waals surface area contributed by atoms with E-state index in [1.165, 1.54) is 26.4 Å². The van der Waals surface area contributed by atoms with Crippen molar-refractivity contribution in [3.8, 4) is 23.3 Å². The monoisotopic (exact) mass is 581 g/mol. The average molecular weight is 582 g/mol. The first kappa shape index (κ1) is 34.7. The Labute approximate surface area is 250 Å². The lowest BCUT2D eigenvalue weighted by molar-refractivity contribution is -0.116. The Morgan fingerprint density at radius 2 is 1.93 bits per heavy atom. The molecular formula is C34H47NO7. The third kappa shape index (κ3) is 10.7. The SMILES string of the molecule is CCC#C/C=C\C(=O)NC/C=C\C[C@@H](C)[C@@H](O)[C@H](C)[C@@H]1C/C=C\C[C@H](C)[C@H](O)Cc2cc(OC)cc(OC)c2C(=O)O1. The summed E-state index contributed by atoms with van der Waals surface area (Å²) in [5.74, 6) is 5.16. The van der Waals surface area contributed by atoms with Crippen LogP contribution in [0.25, 0.3) is 0 Å². The number of nitrogens with one attached hydrogen (secondary N) is 1. The summed E-state index contributed by atoms with van der Waals surface area (Å²) in [5.41, 5.74) is 0.841. The molecular weight excluding hydrogens is 534 g/mol. The van der Waals surface area contributed by atoms with Crippen LogP contribution in [0.5, 0.6) is 11.5 Å². The molecule has 0 unspecified atom stereocenters. The van der Waals surface area contributed by atoms with Crippen LogP contribution in [0.1, 0.15) is 69.3 Å². The van der Waals surface area contributed by atoms with Gasteiger partial charge < -0.3 is 29.7 Å². The number of hydrogen-bond donors (Lipinski definition) is 3. The summed E-state index contributed by atoms with van der Waals surface area (Å²) in [5, 5.41) is 24.8. The van der Waals surface area contributed by atoms with Gasteiger partial charge in [-0.2, -0.15) is 0 Å². The first-order valence-electron chi connectivity index (χ1n) is 14.7. The number of hydrogen-bond acceptors (Lipinski definition) is 7. The van der Waals surface area contributed by atoms with E-state index in [2.05, 4.69) is 17.2 Å². The molecule has 8 heteroatoms. The number of benzene rings is 1. The molecule has 0 radical (unpaired) electrons. The van der Waals surface area contributed by atoms with Crippen LogP contribution in [0.2, 0.25) is 0 Å². The van der Waals surface area contributed by atoms with Crippen LogP contribution in [0.15, 0.2) is 48.6 Å². The zero-order valence-corrected chi connectivity index (χ0v) is 25.8. The van der Waals surface area contributed by atoms with E-state index in [-0.39, 0.29) is 35.6 Å². The molecule has 0 saturated carbocycles. The third-order valence-corrected chi connectivity index (χ3v) is 7.58. The van der Waals surface area contributed by atoms with Crippen molar-refractivity contribution in [3.63, 3.8) is 0 Å². The van der Waals surface area contributed by atoms with E-state index in [4.69, 9.17) is 14.2 Å². The minimum atomic E-state index is -0.749. The number of methoxy groups -OCH3 is 2. The molecule has 42 heavy (non-hydrogen) atoms. The highest BCUT2D eigenvalue weighted by molar-refractivity contribution is 5.95. The minimum absolute atomic E-state index is 0.0365. The van der Waals surface area contributed by atoms with Crippen LogP contribution in [0.4, 0.5) is 0 Å². The lowest BCUT2D eigenvalue weighted by Crippen LogP contribution is -2.37. The zero-order chi connectivity index (χ0) is 31.1. The fourth-order valence-electron chi connectivity index (χ4n) is 4.78. The number of fused-ring (bicyclic) bond motifs is 1.